The van der Waals surface area contributed by atoms with Gasteiger partial charge in [0.05, 0.1) is 5.69 Å². The molecular formula is C14H14BrFN2OS. The maximum atomic E-state index is 13.5. The van der Waals surface area contributed by atoms with Gasteiger partial charge in [-0.3, -0.25) is 4.79 Å². The fraction of sp³-hybridized carbons (Fsp3) is 0.214. The van der Waals surface area contributed by atoms with Crippen molar-refractivity contribution < 1.29 is 9.18 Å². The van der Waals surface area contributed by atoms with Crippen LogP contribution in [0.15, 0.2) is 28.7 Å². The molecule has 0 aliphatic heterocycles. The Kier molecular flexibility index (Phi) is 4.77. The lowest BCUT2D eigenvalue weighted by Crippen LogP contribution is -2.08. The molecule has 0 radical (unpaired) electrons. The van der Waals surface area contributed by atoms with E-state index < -0.39 is 5.82 Å². The maximum Gasteiger partial charge on any atom is 0.221 e. The minimum Gasteiger partial charge on any atom is -0.380 e. The third kappa shape index (κ3) is 3.80. The largest absolute Gasteiger partial charge is 0.380 e. The Labute approximate surface area is 129 Å². The fourth-order valence-electron chi connectivity index (χ4n) is 1.71. The summed E-state index contributed by atoms with van der Waals surface area (Å²) in [5, 5.41) is 5.68. The average Bonchev–Trinajstić information content (AvgIpc) is 2.69. The van der Waals surface area contributed by atoms with Gasteiger partial charge in [-0.15, -0.1) is 11.3 Å². The van der Waals surface area contributed by atoms with Gasteiger partial charge in [0.1, 0.15) is 5.82 Å². The molecule has 2 aromatic rings. The Morgan fingerprint density at radius 3 is 2.75 bits per heavy atom. The zero-order valence-electron chi connectivity index (χ0n) is 11.1. The number of amides is 1. The molecule has 3 nitrogen and oxygen atoms in total. The number of hydrogen-bond donors (Lipinski definition) is 2. The standard InChI is InChI=1S/C14H14BrFN2OS/c1-8-12(15)6-11(20-8)7-17-10-3-4-13(16)14(5-10)18-9(2)19/h3-6,17H,7H2,1-2H3,(H,18,19). The van der Waals surface area contributed by atoms with Gasteiger partial charge in [-0.1, -0.05) is 0 Å². The lowest BCUT2D eigenvalue weighted by molar-refractivity contribution is -0.114. The first-order valence-electron chi connectivity index (χ1n) is 6.01. The predicted molar refractivity (Wildman–Crippen MR) is 84.8 cm³/mol. The molecular weight excluding hydrogens is 343 g/mol. The number of rotatable bonds is 4. The summed E-state index contributed by atoms with van der Waals surface area (Å²) in [6, 6.07) is 6.64. The first kappa shape index (κ1) is 15.0. The number of halogens is 2. The highest BCUT2D eigenvalue weighted by molar-refractivity contribution is 9.10. The van der Waals surface area contributed by atoms with Crippen LogP contribution in [0.4, 0.5) is 15.8 Å². The van der Waals surface area contributed by atoms with Crippen LogP contribution < -0.4 is 10.6 Å². The summed E-state index contributed by atoms with van der Waals surface area (Å²) < 4.78 is 14.6. The second kappa shape index (κ2) is 6.37. The molecule has 20 heavy (non-hydrogen) atoms. The van der Waals surface area contributed by atoms with Crippen molar-refractivity contribution >= 4 is 44.5 Å². The van der Waals surface area contributed by atoms with E-state index in [2.05, 4.69) is 32.6 Å². The van der Waals surface area contributed by atoms with Crippen molar-refractivity contribution in [1.29, 1.82) is 0 Å². The normalized spacial score (nSPS) is 10.4. The van der Waals surface area contributed by atoms with Gasteiger partial charge in [-0.2, -0.15) is 0 Å². The topological polar surface area (TPSA) is 41.1 Å². The number of anilines is 2. The minimum absolute atomic E-state index is 0.186. The van der Waals surface area contributed by atoms with E-state index in [1.54, 1.807) is 23.5 Å². The molecule has 0 bridgehead atoms. The Morgan fingerprint density at radius 1 is 1.40 bits per heavy atom. The number of aryl methyl sites for hydroxylation is 1. The Bertz CT molecular complexity index is 623. The summed E-state index contributed by atoms with van der Waals surface area (Å²) in [5.74, 6) is -0.737. The molecule has 0 aliphatic carbocycles. The molecule has 0 saturated carbocycles. The molecule has 0 fully saturated rings. The van der Waals surface area contributed by atoms with Gasteiger partial charge in [0.15, 0.2) is 0 Å². The summed E-state index contributed by atoms with van der Waals surface area (Å²) >= 11 is 5.17. The van der Waals surface area contributed by atoms with Crippen molar-refractivity contribution in [2.45, 2.75) is 20.4 Å². The first-order valence-corrected chi connectivity index (χ1v) is 7.62. The van der Waals surface area contributed by atoms with Gasteiger partial charge >= 0.3 is 0 Å². The molecule has 2 rings (SSSR count). The van der Waals surface area contributed by atoms with Gasteiger partial charge in [-0.25, -0.2) is 4.39 Å². The predicted octanol–water partition coefficient (Wildman–Crippen LogP) is 4.53. The minimum atomic E-state index is -0.444. The summed E-state index contributed by atoms with van der Waals surface area (Å²) in [4.78, 5) is 13.4. The SMILES string of the molecule is CC(=O)Nc1cc(NCc2cc(Br)c(C)s2)ccc1F. The van der Waals surface area contributed by atoms with Gasteiger partial charge < -0.3 is 10.6 Å². The fourth-order valence-corrected chi connectivity index (χ4v) is 3.26. The number of benzene rings is 1. The number of carbonyl (C=O) groups excluding carboxylic acids is 1. The van der Waals surface area contributed by atoms with Crippen molar-refractivity contribution in [2.75, 3.05) is 10.6 Å². The van der Waals surface area contributed by atoms with Gasteiger partial charge in [0.25, 0.3) is 0 Å². The second-order valence-corrected chi connectivity index (χ2v) is 6.54. The number of carbonyl (C=O) groups is 1. The molecule has 0 unspecified atom stereocenters. The zero-order chi connectivity index (χ0) is 14.7. The highest BCUT2D eigenvalue weighted by atomic mass is 79.9. The molecule has 0 spiro atoms. The average molecular weight is 357 g/mol. The molecule has 2 N–H and O–H groups in total. The van der Waals surface area contributed by atoms with E-state index in [4.69, 9.17) is 0 Å². The van der Waals surface area contributed by atoms with Crippen molar-refractivity contribution in [3.63, 3.8) is 0 Å². The van der Waals surface area contributed by atoms with Gasteiger partial charge in [0, 0.05) is 33.4 Å². The Balaban J connectivity index is 2.07. The van der Waals surface area contributed by atoms with Crippen LogP contribution in [0.2, 0.25) is 0 Å². The molecule has 1 heterocycles. The highest BCUT2D eigenvalue weighted by Gasteiger charge is 2.06. The smallest absolute Gasteiger partial charge is 0.221 e. The van der Waals surface area contributed by atoms with Crippen LogP contribution in [0, 0.1) is 12.7 Å². The summed E-state index contributed by atoms with van der Waals surface area (Å²) in [7, 11) is 0. The molecule has 1 amide bonds. The van der Waals surface area contributed by atoms with E-state index in [9.17, 15) is 9.18 Å². The van der Waals surface area contributed by atoms with Crippen molar-refractivity contribution in [3.05, 3.63) is 44.3 Å². The molecule has 6 heteroatoms. The maximum absolute atomic E-state index is 13.5. The molecule has 0 aliphatic rings. The van der Waals surface area contributed by atoms with Crippen LogP contribution in [0.3, 0.4) is 0 Å². The van der Waals surface area contributed by atoms with Crippen LogP contribution in [0.25, 0.3) is 0 Å². The molecule has 0 saturated heterocycles. The summed E-state index contributed by atoms with van der Waals surface area (Å²) in [6.07, 6.45) is 0. The number of hydrogen-bond acceptors (Lipinski definition) is 3. The summed E-state index contributed by atoms with van der Waals surface area (Å²) in [5.41, 5.74) is 0.948. The molecule has 1 aromatic heterocycles. The van der Waals surface area contributed by atoms with Gasteiger partial charge in [0.2, 0.25) is 5.91 Å². The molecule has 1 aromatic carbocycles. The molecule has 106 valence electrons. The van der Waals surface area contributed by atoms with Crippen molar-refractivity contribution in [2.24, 2.45) is 0 Å². The van der Waals surface area contributed by atoms with E-state index in [0.29, 0.717) is 6.54 Å². The monoisotopic (exact) mass is 356 g/mol. The van der Waals surface area contributed by atoms with Crippen molar-refractivity contribution in [1.82, 2.24) is 0 Å². The van der Waals surface area contributed by atoms with Crippen LogP contribution in [-0.4, -0.2) is 5.91 Å². The quantitative estimate of drug-likeness (QED) is 0.844. The number of thiophene rings is 1. The third-order valence-corrected chi connectivity index (χ3v) is 4.79. The Morgan fingerprint density at radius 2 is 2.15 bits per heavy atom. The lowest BCUT2D eigenvalue weighted by atomic mass is 10.2. The lowest BCUT2D eigenvalue weighted by Gasteiger charge is -2.09. The van der Waals surface area contributed by atoms with Crippen LogP contribution in [0.5, 0.6) is 0 Å². The van der Waals surface area contributed by atoms with E-state index in [0.717, 1.165) is 10.2 Å². The third-order valence-electron chi connectivity index (χ3n) is 2.65. The Hall–Kier alpha value is -1.40. The number of nitrogens with one attached hydrogen (secondary N) is 2. The van der Waals surface area contributed by atoms with E-state index >= 15 is 0 Å². The van der Waals surface area contributed by atoms with Crippen molar-refractivity contribution in [3.8, 4) is 0 Å². The summed E-state index contributed by atoms with van der Waals surface area (Å²) in [6.45, 7) is 4.05. The molecule has 0 atom stereocenters. The highest BCUT2D eigenvalue weighted by Crippen LogP contribution is 2.27. The zero-order valence-corrected chi connectivity index (χ0v) is 13.5. The second-order valence-electron chi connectivity index (χ2n) is 4.35. The van der Waals surface area contributed by atoms with Crippen LogP contribution in [-0.2, 0) is 11.3 Å². The van der Waals surface area contributed by atoms with Crippen LogP contribution >= 0.6 is 27.3 Å². The van der Waals surface area contributed by atoms with E-state index in [1.165, 1.54) is 22.7 Å². The van der Waals surface area contributed by atoms with E-state index in [1.807, 2.05) is 6.92 Å². The van der Waals surface area contributed by atoms with Gasteiger partial charge in [-0.05, 0) is 47.1 Å². The van der Waals surface area contributed by atoms with Crippen LogP contribution in [0.1, 0.15) is 16.7 Å². The first-order chi connectivity index (χ1) is 9.45. The van der Waals surface area contributed by atoms with E-state index in [-0.39, 0.29) is 11.6 Å².